The van der Waals surface area contributed by atoms with Crippen LogP contribution in [0.3, 0.4) is 0 Å². The fourth-order valence-corrected chi connectivity index (χ4v) is 4.17. The van der Waals surface area contributed by atoms with Gasteiger partial charge in [-0.05, 0) is 64.9 Å². The van der Waals surface area contributed by atoms with Gasteiger partial charge >= 0.3 is 0 Å². The van der Waals surface area contributed by atoms with E-state index >= 15 is 0 Å². The second-order valence-electron chi connectivity index (χ2n) is 6.52. The van der Waals surface area contributed by atoms with Crippen LogP contribution < -0.4 is 19.5 Å². The van der Waals surface area contributed by atoms with E-state index in [4.69, 9.17) is 14.2 Å². The van der Waals surface area contributed by atoms with Crippen LogP contribution in [0.5, 0.6) is 17.2 Å². The van der Waals surface area contributed by atoms with Crippen molar-refractivity contribution in [1.29, 1.82) is 5.26 Å². The number of carbonyl (C=O) groups excluding carboxylic acids is 1. The molecule has 0 spiro atoms. The van der Waals surface area contributed by atoms with Crippen molar-refractivity contribution in [3.05, 3.63) is 62.2 Å². The van der Waals surface area contributed by atoms with E-state index in [2.05, 4.69) is 38.1 Å². The lowest BCUT2D eigenvalue weighted by atomic mass is 10.1. The van der Waals surface area contributed by atoms with Crippen LogP contribution in [0, 0.1) is 14.9 Å². The number of aromatic nitrogens is 2. The Labute approximate surface area is 209 Å². The summed E-state index contributed by atoms with van der Waals surface area (Å²) in [6.45, 7) is 2.64. The topological polar surface area (TPSA) is 106 Å². The molecule has 1 amide bonds. The fourth-order valence-electron chi connectivity index (χ4n) is 2.71. The summed E-state index contributed by atoms with van der Waals surface area (Å²) in [5.41, 5.74) is 0.563. The second kappa shape index (κ2) is 12.2. The first-order valence-corrected chi connectivity index (χ1v) is 11.9. The molecule has 0 saturated heterocycles. The van der Waals surface area contributed by atoms with Crippen molar-refractivity contribution in [2.75, 3.05) is 25.6 Å². The lowest BCUT2D eigenvalue weighted by Crippen LogP contribution is -2.13. The van der Waals surface area contributed by atoms with Gasteiger partial charge in [-0.3, -0.25) is 10.1 Å². The third-order valence-corrected chi connectivity index (χ3v) is 6.04. The van der Waals surface area contributed by atoms with Gasteiger partial charge in [0, 0.05) is 0 Å². The summed E-state index contributed by atoms with van der Waals surface area (Å²) in [5.74, 6) is 1.27. The summed E-state index contributed by atoms with van der Waals surface area (Å²) in [7, 11) is 1.53. The largest absolute Gasteiger partial charge is 0.493 e. The predicted molar refractivity (Wildman–Crippen MR) is 135 cm³/mol. The van der Waals surface area contributed by atoms with E-state index in [1.54, 1.807) is 12.1 Å². The molecule has 0 bridgehead atoms. The van der Waals surface area contributed by atoms with E-state index in [9.17, 15) is 10.1 Å². The average Bonchev–Trinajstić information content (AvgIpc) is 3.29. The summed E-state index contributed by atoms with van der Waals surface area (Å²) in [6.07, 6.45) is 2.21. The standard InChI is InChI=1S/C23H21IN4O4S/c1-3-20-27-28-23(33-20)26-22(29)16(14-25)11-15-12-18(24)21(19(13-15)30-2)32-10-9-31-17-7-5-4-6-8-17/h4-8,11-13H,3,9-10H2,1-2H3,(H,26,28,29). The molecule has 0 radical (unpaired) electrons. The monoisotopic (exact) mass is 576 g/mol. The van der Waals surface area contributed by atoms with E-state index in [0.29, 0.717) is 35.4 Å². The number of benzene rings is 2. The van der Waals surface area contributed by atoms with Crippen molar-refractivity contribution >= 4 is 51.0 Å². The Morgan fingerprint density at radius 1 is 1.21 bits per heavy atom. The van der Waals surface area contributed by atoms with Gasteiger partial charge in [0.15, 0.2) is 11.5 Å². The molecule has 1 N–H and O–H groups in total. The molecule has 0 aliphatic carbocycles. The Bertz CT molecular complexity index is 1170. The first-order chi connectivity index (χ1) is 16.0. The maximum Gasteiger partial charge on any atom is 0.268 e. The molecule has 8 nitrogen and oxygen atoms in total. The molecule has 2 aromatic carbocycles. The number of hydrogen-bond acceptors (Lipinski definition) is 8. The highest BCUT2D eigenvalue weighted by atomic mass is 127. The third-order valence-electron chi connectivity index (χ3n) is 4.26. The zero-order chi connectivity index (χ0) is 23.6. The molecule has 0 fully saturated rings. The van der Waals surface area contributed by atoms with Gasteiger partial charge < -0.3 is 14.2 Å². The zero-order valence-electron chi connectivity index (χ0n) is 18.0. The van der Waals surface area contributed by atoms with Crippen molar-refractivity contribution in [3.8, 4) is 23.3 Å². The minimum absolute atomic E-state index is 0.0639. The van der Waals surface area contributed by atoms with Crippen LogP contribution in [0.1, 0.15) is 17.5 Å². The van der Waals surface area contributed by atoms with E-state index in [1.165, 1.54) is 24.5 Å². The molecule has 3 rings (SSSR count). The number of nitrogens with zero attached hydrogens (tertiary/aromatic N) is 3. The summed E-state index contributed by atoms with van der Waals surface area (Å²) in [5, 5.41) is 21.1. The first kappa shape index (κ1) is 24.5. The summed E-state index contributed by atoms with van der Waals surface area (Å²) in [4.78, 5) is 12.5. The van der Waals surface area contributed by atoms with Crippen molar-refractivity contribution < 1.29 is 19.0 Å². The van der Waals surface area contributed by atoms with E-state index in [0.717, 1.165) is 20.7 Å². The quantitative estimate of drug-likeness (QED) is 0.161. The van der Waals surface area contributed by atoms with Gasteiger partial charge in [-0.2, -0.15) is 5.26 Å². The normalized spacial score (nSPS) is 10.9. The van der Waals surface area contributed by atoms with Gasteiger partial charge in [0.25, 0.3) is 5.91 Å². The Kier molecular flexibility index (Phi) is 9.03. The molecule has 10 heteroatoms. The molecule has 33 heavy (non-hydrogen) atoms. The number of nitrogens with one attached hydrogen (secondary N) is 1. The van der Waals surface area contributed by atoms with Crippen LogP contribution in [0.15, 0.2) is 48.0 Å². The maximum atomic E-state index is 12.5. The summed E-state index contributed by atoms with van der Waals surface area (Å²) < 4.78 is 17.8. The molecule has 1 heterocycles. The number of carbonyl (C=O) groups is 1. The number of ether oxygens (including phenoxy) is 3. The van der Waals surface area contributed by atoms with Gasteiger partial charge in [0.2, 0.25) is 5.13 Å². The van der Waals surface area contributed by atoms with Crippen LogP contribution in [0.4, 0.5) is 5.13 Å². The lowest BCUT2D eigenvalue weighted by molar-refractivity contribution is -0.112. The number of anilines is 1. The summed E-state index contributed by atoms with van der Waals surface area (Å²) in [6, 6.07) is 14.9. The van der Waals surface area contributed by atoms with E-state index in [-0.39, 0.29) is 5.57 Å². The second-order valence-corrected chi connectivity index (χ2v) is 8.75. The van der Waals surface area contributed by atoms with Crippen molar-refractivity contribution in [1.82, 2.24) is 10.2 Å². The number of para-hydroxylation sites is 1. The average molecular weight is 576 g/mol. The Morgan fingerprint density at radius 2 is 1.97 bits per heavy atom. The number of methoxy groups -OCH3 is 1. The Morgan fingerprint density at radius 3 is 2.64 bits per heavy atom. The number of halogens is 1. The molecular formula is C23H21IN4O4S. The van der Waals surface area contributed by atoms with Crippen LogP contribution in [-0.4, -0.2) is 36.4 Å². The van der Waals surface area contributed by atoms with Gasteiger partial charge in [-0.25, -0.2) is 0 Å². The highest BCUT2D eigenvalue weighted by Gasteiger charge is 2.15. The molecule has 0 aliphatic heterocycles. The van der Waals surface area contributed by atoms with Gasteiger partial charge in [-0.1, -0.05) is 36.5 Å². The van der Waals surface area contributed by atoms with Crippen LogP contribution in [-0.2, 0) is 11.2 Å². The number of rotatable bonds is 10. The minimum atomic E-state index is -0.552. The van der Waals surface area contributed by atoms with E-state index in [1.807, 2.05) is 43.3 Å². The smallest absolute Gasteiger partial charge is 0.268 e. The number of aryl methyl sites for hydroxylation is 1. The highest BCUT2D eigenvalue weighted by molar-refractivity contribution is 14.1. The van der Waals surface area contributed by atoms with Gasteiger partial charge in [-0.15, -0.1) is 10.2 Å². The fraction of sp³-hybridized carbons (Fsp3) is 0.217. The minimum Gasteiger partial charge on any atom is -0.493 e. The third kappa shape index (κ3) is 6.90. The van der Waals surface area contributed by atoms with Crippen LogP contribution in [0.2, 0.25) is 0 Å². The van der Waals surface area contributed by atoms with Crippen molar-refractivity contribution in [3.63, 3.8) is 0 Å². The van der Waals surface area contributed by atoms with Crippen molar-refractivity contribution in [2.24, 2.45) is 0 Å². The van der Waals surface area contributed by atoms with Gasteiger partial charge in [0.1, 0.15) is 35.6 Å². The molecule has 0 saturated carbocycles. The van der Waals surface area contributed by atoms with Crippen LogP contribution in [0.25, 0.3) is 6.08 Å². The lowest BCUT2D eigenvalue weighted by Gasteiger charge is -2.14. The molecule has 0 aliphatic rings. The van der Waals surface area contributed by atoms with E-state index < -0.39 is 5.91 Å². The summed E-state index contributed by atoms with van der Waals surface area (Å²) >= 11 is 3.40. The number of amides is 1. The molecule has 0 atom stereocenters. The Hall–Kier alpha value is -3.17. The highest BCUT2D eigenvalue weighted by Crippen LogP contribution is 2.34. The molecular weight excluding hydrogens is 555 g/mol. The maximum absolute atomic E-state index is 12.5. The Balaban J connectivity index is 1.69. The van der Waals surface area contributed by atoms with Crippen LogP contribution >= 0.6 is 33.9 Å². The molecule has 1 aromatic heterocycles. The first-order valence-electron chi connectivity index (χ1n) is 9.97. The molecule has 170 valence electrons. The number of hydrogen-bond donors (Lipinski definition) is 1. The predicted octanol–water partition coefficient (Wildman–Crippen LogP) is 4.72. The van der Waals surface area contributed by atoms with Gasteiger partial charge in [0.05, 0.1) is 10.7 Å². The zero-order valence-corrected chi connectivity index (χ0v) is 21.0. The molecule has 0 unspecified atom stereocenters. The number of nitriles is 1. The van der Waals surface area contributed by atoms with Crippen molar-refractivity contribution in [2.45, 2.75) is 13.3 Å². The SMILES string of the molecule is CCc1nnc(NC(=O)C(C#N)=Cc2cc(I)c(OCCOc3ccccc3)c(OC)c2)s1. The molecule has 3 aromatic rings.